The van der Waals surface area contributed by atoms with E-state index in [2.05, 4.69) is 40.3 Å². The number of ether oxygens (including phenoxy) is 2. The fourth-order valence-corrected chi connectivity index (χ4v) is 1.97. The van der Waals surface area contributed by atoms with E-state index in [1.807, 2.05) is 12.1 Å². The molecule has 0 saturated heterocycles. The monoisotopic (exact) mass is 313 g/mol. The second-order valence-electron chi connectivity index (χ2n) is 4.05. The molecule has 3 nitrogen and oxygen atoms in total. The van der Waals surface area contributed by atoms with Gasteiger partial charge in [-0.05, 0) is 25.1 Å². The summed E-state index contributed by atoms with van der Waals surface area (Å²) in [6.07, 6.45) is 2.13. The summed E-state index contributed by atoms with van der Waals surface area (Å²) in [7, 11) is 3.39. The Labute approximate surface area is 117 Å². The Bertz CT molecular complexity index is 405. The van der Waals surface area contributed by atoms with Crippen LogP contribution in [0.1, 0.15) is 12.5 Å². The molecule has 0 amide bonds. The fourth-order valence-electron chi connectivity index (χ4n) is 1.59. The molecule has 0 unspecified atom stereocenters. The first-order chi connectivity index (χ1) is 8.67. The van der Waals surface area contributed by atoms with Crippen LogP contribution in [0, 0.1) is 0 Å². The topological polar surface area (TPSA) is 30.5 Å². The van der Waals surface area contributed by atoms with Crippen molar-refractivity contribution in [1.29, 1.82) is 0 Å². The van der Waals surface area contributed by atoms with Gasteiger partial charge in [-0.1, -0.05) is 27.6 Å². The van der Waals surface area contributed by atoms with Gasteiger partial charge in [0, 0.05) is 30.2 Å². The normalized spacial score (nSPS) is 11.7. The molecular formula is C14H20BrNO2. The molecule has 0 spiro atoms. The lowest BCUT2D eigenvalue weighted by molar-refractivity contribution is 0.200. The lowest BCUT2D eigenvalue weighted by atomic mass is 10.1. The Hall–Kier alpha value is -0.840. The van der Waals surface area contributed by atoms with Crippen molar-refractivity contribution < 1.29 is 9.47 Å². The van der Waals surface area contributed by atoms with Crippen LogP contribution in [0.5, 0.6) is 5.75 Å². The van der Waals surface area contributed by atoms with Crippen molar-refractivity contribution in [2.75, 3.05) is 33.9 Å². The van der Waals surface area contributed by atoms with E-state index in [0.717, 1.165) is 35.5 Å². The molecule has 18 heavy (non-hydrogen) atoms. The molecule has 0 fully saturated rings. The number of hydrogen-bond acceptors (Lipinski definition) is 3. The first-order valence-corrected chi connectivity index (χ1v) is 6.67. The van der Waals surface area contributed by atoms with Gasteiger partial charge >= 0.3 is 0 Å². The Morgan fingerprint density at radius 2 is 2.17 bits per heavy atom. The average Bonchev–Trinajstić information content (AvgIpc) is 2.35. The minimum absolute atomic E-state index is 0.730. The number of benzene rings is 1. The largest absolute Gasteiger partial charge is 0.496 e. The van der Waals surface area contributed by atoms with E-state index in [9.17, 15) is 0 Å². The van der Waals surface area contributed by atoms with Gasteiger partial charge in [-0.2, -0.15) is 0 Å². The quantitative estimate of drug-likeness (QED) is 0.785. The lowest BCUT2D eigenvalue weighted by Crippen LogP contribution is -2.20. The highest BCUT2D eigenvalue weighted by atomic mass is 79.9. The van der Waals surface area contributed by atoms with Crippen LogP contribution in [0.4, 0.5) is 0 Å². The number of hydrogen-bond donors (Lipinski definition) is 1. The highest BCUT2D eigenvalue weighted by Crippen LogP contribution is 2.24. The van der Waals surface area contributed by atoms with Crippen molar-refractivity contribution in [1.82, 2.24) is 5.32 Å². The molecule has 0 aliphatic rings. The van der Waals surface area contributed by atoms with Gasteiger partial charge in [0.05, 0.1) is 13.7 Å². The zero-order valence-corrected chi connectivity index (χ0v) is 12.7. The Balaban J connectivity index is 2.66. The summed E-state index contributed by atoms with van der Waals surface area (Å²) in [5.41, 5.74) is 2.33. The molecule has 0 aliphatic heterocycles. The molecule has 0 heterocycles. The van der Waals surface area contributed by atoms with Crippen molar-refractivity contribution in [2.24, 2.45) is 0 Å². The third-order valence-electron chi connectivity index (χ3n) is 2.48. The number of rotatable bonds is 7. The maximum absolute atomic E-state index is 5.34. The predicted molar refractivity (Wildman–Crippen MR) is 79.1 cm³/mol. The SMILES string of the molecule is COCCNCC(C)=Cc1cc(Br)ccc1OC. The highest BCUT2D eigenvalue weighted by molar-refractivity contribution is 9.10. The lowest BCUT2D eigenvalue weighted by Gasteiger charge is -2.08. The van der Waals surface area contributed by atoms with Crippen LogP contribution in [-0.2, 0) is 4.74 Å². The first-order valence-electron chi connectivity index (χ1n) is 5.87. The summed E-state index contributed by atoms with van der Waals surface area (Å²) in [4.78, 5) is 0. The second-order valence-corrected chi connectivity index (χ2v) is 4.96. The van der Waals surface area contributed by atoms with Gasteiger partial charge in [0.1, 0.15) is 5.75 Å². The van der Waals surface area contributed by atoms with E-state index in [1.165, 1.54) is 5.57 Å². The Morgan fingerprint density at radius 3 is 2.83 bits per heavy atom. The summed E-state index contributed by atoms with van der Waals surface area (Å²) in [6.45, 7) is 4.53. The smallest absolute Gasteiger partial charge is 0.126 e. The second kappa shape index (κ2) is 8.29. The first kappa shape index (κ1) is 15.2. The molecule has 4 heteroatoms. The van der Waals surface area contributed by atoms with E-state index >= 15 is 0 Å². The van der Waals surface area contributed by atoms with Gasteiger partial charge in [-0.15, -0.1) is 0 Å². The van der Waals surface area contributed by atoms with Crippen LogP contribution in [0.2, 0.25) is 0 Å². The molecule has 0 aromatic heterocycles. The van der Waals surface area contributed by atoms with Gasteiger partial charge in [0.15, 0.2) is 0 Å². The highest BCUT2D eigenvalue weighted by Gasteiger charge is 2.01. The third kappa shape index (κ3) is 5.21. The molecule has 1 aromatic carbocycles. The van der Waals surface area contributed by atoms with Gasteiger partial charge in [-0.3, -0.25) is 0 Å². The molecule has 1 rings (SSSR count). The zero-order valence-electron chi connectivity index (χ0n) is 11.1. The summed E-state index contributed by atoms with van der Waals surface area (Å²) in [6, 6.07) is 5.99. The Kier molecular flexibility index (Phi) is 7.01. The summed E-state index contributed by atoms with van der Waals surface area (Å²) in [5, 5.41) is 3.31. The minimum Gasteiger partial charge on any atom is -0.496 e. The number of methoxy groups -OCH3 is 2. The maximum Gasteiger partial charge on any atom is 0.126 e. The van der Waals surface area contributed by atoms with Crippen LogP contribution >= 0.6 is 15.9 Å². The third-order valence-corrected chi connectivity index (χ3v) is 2.97. The van der Waals surface area contributed by atoms with E-state index in [0.29, 0.717) is 0 Å². The molecule has 0 bridgehead atoms. The van der Waals surface area contributed by atoms with E-state index in [-0.39, 0.29) is 0 Å². The van der Waals surface area contributed by atoms with Crippen LogP contribution in [0.15, 0.2) is 28.2 Å². The van der Waals surface area contributed by atoms with Gasteiger partial charge in [0.25, 0.3) is 0 Å². The Morgan fingerprint density at radius 1 is 1.39 bits per heavy atom. The van der Waals surface area contributed by atoms with Crippen molar-refractivity contribution in [2.45, 2.75) is 6.92 Å². The van der Waals surface area contributed by atoms with E-state index in [1.54, 1.807) is 14.2 Å². The van der Waals surface area contributed by atoms with E-state index in [4.69, 9.17) is 9.47 Å². The van der Waals surface area contributed by atoms with Gasteiger partial charge < -0.3 is 14.8 Å². The van der Waals surface area contributed by atoms with Crippen molar-refractivity contribution in [3.63, 3.8) is 0 Å². The molecule has 0 saturated carbocycles. The molecule has 0 atom stereocenters. The van der Waals surface area contributed by atoms with Gasteiger partial charge in [0.2, 0.25) is 0 Å². The van der Waals surface area contributed by atoms with Gasteiger partial charge in [-0.25, -0.2) is 0 Å². The summed E-state index contributed by atoms with van der Waals surface area (Å²) in [5.74, 6) is 0.884. The number of nitrogens with one attached hydrogen (secondary N) is 1. The molecule has 0 radical (unpaired) electrons. The average molecular weight is 314 g/mol. The number of halogens is 1. The van der Waals surface area contributed by atoms with Crippen molar-refractivity contribution in [3.8, 4) is 5.75 Å². The molecular weight excluding hydrogens is 294 g/mol. The van der Waals surface area contributed by atoms with Crippen LogP contribution in [0.3, 0.4) is 0 Å². The molecule has 0 aliphatic carbocycles. The standard InChI is InChI=1S/C14H20BrNO2/c1-11(10-16-6-7-17-2)8-12-9-13(15)4-5-14(12)18-3/h4-5,8-9,16H,6-7,10H2,1-3H3. The molecule has 1 N–H and O–H groups in total. The predicted octanol–water partition coefficient (Wildman–Crippen LogP) is 3.10. The fraction of sp³-hybridized carbons (Fsp3) is 0.429. The van der Waals surface area contributed by atoms with Crippen LogP contribution in [-0.4, -0.2) is 33.9 Å². The zero-order chi connectivity index (χ0) is 13.4. The minimum atomic E-state index is 0.730. The summed E-state index contributed by atoms with van der Waals surface area (Å²) < 4.78 is 11.4. The van der Waals surface area contributed by atoms with Crippen molar-refractivity contribution in [3.05, 3.63) is 33.8 Å². The maximum atomic E-state index is 5.34. The summed E-state index contributed by atoms with van der Waals surface area (Å²) >= 11 is 3.47. The molecule has 1 aromatic rings. The van der Waals surface area contributed by atoms with Crippen LogP contribution in [0.25, 0.3) is 6.08 Å². The van der Waals surface area contributed by atoms with E-state index < -0.39 is 0 Å². The van der Waals surface area contributed by atoms with Crippen molar-refractivity contribution >= 4 is 22.0 Å². The molecule has 100 valence electrons. The van der Waals surface area contributed by atoms with Crippen LogP contribution < -0.4 is 10.1 Å².